The molecule has 0 bridgehead atoms. The van der Waals surface area contributed by atoms with Crippen molar-refractivity contribution >= 4 is 11.0 Å². The van der Waals surface area contributed by atoms with Crippen molar-refractivity contribution in [3.63, 3.8) is 0 Å². The highest BCUT2D eigenvalue weighted by Crippen LogP contribution is 2.15. The number of aromatic nitrogens is 1. The Bertz CT molecular complexity index is 479. The molecule has 0 aromatic carbocycles. The van der Waals surface area contributed by atoms with Crippen LogP contribution in [0.3, 0.4) is 0 Å². The van der Waals surface area contributed by atoms with Crippen LogP contribution >= 0.6 is 0 Å². The zero-order valence-corrected chi connectivity index (χ0v) is 7.00. The number of hydrogen-bond donors (Lipinski definition) is 0. The summed E-state index contributed by atoms with van der Waals surface area (Å²) in [5, 5.41) is 0.901. The minimum Gasteiger partial charge on any atom is -0.463 e. The van der Waals surface area contributed by atoms with Gasteiger partial charge in [0.05, 0.1) is 12.5 Å². The molecule has 2 aromatic heterocycles. The molecular formula is C9H9NO2. The fraction of sp³-hybridized carbons (Fsp3) is 0.222. The Kier molecular flexibility index (Phi) is 1.33. The highest BCUT2D eigenvalue weighted by atomic mass is 16.3. The molecule has 3 nitrogen and oxygen atoms in total. The molecule has 0 fully saturated rings. The predicted molar refractivity (Wildman–Crippen MR) is 46.2 cm³/mol. The van der Waals surface area contributed by atoms with Gasteiger partial charge >= 0.3 is 0 Å². The van der Waals surface area contributed by atoms with Crippen LogP contribution in [0.1, 0.15) is 5.56 Å². The smallest absolute Gasteiger partial charge is 0.254 e. The van der Waals surface area contributed by atoms with Crippen molar-refractivity contribution in [2.75, 3.05) is 0 Å². The Morgan fingerprint density at radius 2 is 2.25 bits per heavy atom. The van der Waals surface area contributed by atoms with E-state index in [0.717, 1.165) is 16.5 Å². The number of furan rings is 1. The molecule has 0 atom stereocenters. The number of rotatable bonds is 0. The first-order chi connectivity index (χ1) is 5.70. The Labute approximate surface area is 69.2 Å². The zero-order valence-electron chi connectivity index (χ0n) is 7.00. The molecule has 0 saturated carbocycles. The van der Waals surface area contributed by atoms with E-state index in [1.165, 1.54) is 4.57 Å². The molecule has 0 aliphatic heterocycles. The largest absolute Gasteiger partial charge is 0.463 e. The highest BCUT2D eigenvalue weighted by molar-refractivity contribution is 5.79. The standard InChI is InChI=1S/C9H9NO2/c1-6-7-3-4-12-8(7)5-10(2)9(6)11/h3-5H,1-2H3. The van der Waals surface area contributed by atoms with Crippen molar-refractivity contribution in [2.45, 2.75) is 6.92 Å². The zero-order chi connectivity index (χ0) is 8.72. The molecule has 2 aromatic rings. The first kappa shape index (κ1) is 7.16. The second kappa shape index (κ2) is 2.24. The number of fused-ring (bicyclic) bond motifs is 1. The van der Waals surface area contributed by atoms with Crippen LogP contribution in [0.15, 0.2) is 27.7 Å². The van der Waals surface area contributed by atoms with E-state index in [4.69, 9.17) is 4.42 Å². The maximum atomic E-state index is 11.4. The molecule has 0 N–H and O–H groups in total. The third kappa shape index (κ3) is 0.794. The molecule has 3 heteroatoms. The van der Waals surface area contributed by atoms with E-state index in [1.54, 1.807) is 26.4 Å². The van der Waals surface area contributed by atoms with Crippen molar-refractivity contribution in [1.29, 1.82) is 0 Å². The lowest BCUT2D eigenvalue weighted by Crippen LogP contribution is -2.17. The number of aryl methyl sites for hydroxylation is 2. The molecule has 0 unspecified atom stereocenters. The van der Waals surface area contributed by atoms with E-state index in [0.29, 0.717) is 0 Å². The second-order valence-electron chi connectivity index (χ2n) is 2.87. The van der Waals surface area contributed by atoms with Gasteiger partial charge in [-0.2, -0.15) is 0 Å². The molecule has 2 heterocycles. The molecular weight excluding hydrogens is 154 g/mol. The normalized spacial score (nSPS) is 10.8. The number of hydrogen-bond acceptors (Lipinski definition) is 2. The maximum Gasteiger partial charge on any atom is 0.254 e. The third-order valence-corrected chi connectivity index (χ3v) is 2.05. The van der Waals surface area contributed by atoms with Crippen LogP contribution in [-0.4, -0.2) is 4.57 Å². The topological polar surface area (TPSA) is 35.1 Å². The molecule has 0 spiro atoms. The van der Waals surface area contributed by atoms with Crippen LogP contribution in [0, 0.1) is 6.92 Å². The monoisotopic (exact) mass is 163 g/mol. The summed E-state index contributed by atoms with van der Waals surface area (Å²) in [5.41, 5.74) is 1.53. The van der Waals surface area contributed by atoms with Crippen LogP contribution in [0.25, 0.3) is 11.0 Å². The second-order valence-corrected chi connectivity index (χ2v) is 2.87. The van der Waals surface area contributed by atoms with Gasteiger partial charge in [-0.25, -0.2) is 0 Å². The van der Waals surface area contributed by atoms with Gasteiger partial charge in [0.2, 0.25) is 0 Å². The van der Waals surface area contributed by atoms with Crippen molar-refractivity contribution in [2.24, 2.45) is 7.05 Å². The van der Waals surface area contributed by atoms with E-state index in [1.807, 2.05) is 6.07 Å². The lowest BCUT2D eigenvalue weighted by molar-refractivity contribution is 0.609. The van der Waals surface area contributed by atoms with Gasteiger partial charge in [0.25, 0.3) is 5.56 Å². The summed E-state index contributed by atoms with van der Waals surface area (Å²) in [4.78, 5) is 11.4. The summed E-state index contributed by atoms with van der Waals surface area (Å²) < 4.78 is 6.70. The minimum absolute atomic E-state index is 0.0314. The number of nitrogens with zero attached hydrogens (tertiary/aromatic N) is 1. The summed E-state index contributed by atoms with van der Waals surface area (Å²) in [5.74, 6) is 0. The van der Waals surface area contributed by atoms with Gasteiger partial charge in [-0.1, -0.05) is 0 Å². The third-order valence-electron chi connectivity index (χ3n) is 2.05. The van der Waals surface area contributed by atoms with Gasteiger partial charge in [-0.3, -0.25) is 4.79 Å². The molecule has 0 aliphatic carbocycles. The Morgan fingerprint density at radius 1 is 1.50 bits per heavy atom. The molecule has 0 radical (unpaired) electrons. The van der Waals surface area contributed by atoms with Crippen LogP contribution < -0.4 is 5.56 Å². The van der Waals surface area contributed by atoms with Gasteiger partial charge in [-0.05, 0) is 13.0 Å². The first-order valence-electron chi connectivity index (χ1n) is 3.73. The highest BCUT2D eigenvalue weighted by Gasteiger charge is 2.04. The Hall–Kier alpha value is -1.51. The van der Waals surface area contributed by atoms with Crippen LogP contribution in [-0.2, 0) is 7.05 Å². The molecule has 62 valence electrons. The number of pyridine rings is 1. The molecule has 0 amide bonds. The molecule has 2 rings (SSSR count). The van der Waals surface area contributed by atoms with Gasteiger partial charge in [0.1, 0.15) is 0 Å². The SMILES string of the molecule is Cc1c(=O)n(C)cc2occc12. The molecule has 12 heavy (non-hydrogen) atoms. The summed E-state index contributed by atoms with van der Waals surface area (Å²) in [6.45, 7) is 1.81. The van der Waals surface area contributed by atoms with Gasteiger partial charge in [0, 0.05) is 18.0 Å². The van der Waals surface area contributed by atoms with Crippen LogP contribution in [0.5, 0.6) is 0 Å². The summed E-state index contributed by atoms with van der Waals surface area (Å²) in [6.07, 6.45) is 3.29. The molecule has 0 aliphatic rings. The Morgan fingerprint density at radius 3 is 3.00 bits per heavy atom. The van der Waals surface area contributed by atoms with Crippen molar-refractivity contribution < 1.29 is 4.42 Å². The first-order valence-corrected chi connectivity index (χ1v) is 3.73. The van der Waals surface area contributed by atoms with E-state index >= 15 is 0 Å². The molecule has 0 saturated heterocycles. The van der Waals surface area contributed by atoms with E-state index < -0.39 is 0 Å². The summed E-state index contributed by atoms with van der Waals surface area (Å²) >= 11 is 0. The predicted octanol–water partition coefficient (Wildman–Crippen LogP) is 1.44. The Balaban J connectivity index is 3.05. The van der Waals surface area contributed by atoms with Crippen molar-refractivity contribution in [3.05, 3.63) is 34.4 Å². The fourth-order valence-electron chi connectivity index (χ4n) is 1.34. The van der Waals surface area contributed by atoms with Crippen molar-refractivity contribution in [3.8, 4) is 0 Å². The summed E-state index contributed by atoms with van der Waals surface area (Å²) in [6, 6.07) is 1.81. The van der Waals surface area contributed by atoms with Crippen LogP contribution in [0.4, 0.5) is 0 Å². The maximum absolute atomic E-state index is 11.4. The van der Waals surface area contributed by atoms with E-state index in [2.05, 4.69) is 0 Å². The average molecular weight is 163 g/mol. The van der Waals surface area contributed by atoms with Crippen LogP contribution in [0.2, 0.25) is 0 Å². The van der Waals surface area contributed by atoms with E-state index in [9.17, 15) is 4.79 Å². The fourth-order valence-corrected chi connectivity index (χ4v) is 1.34. The quantitative estimate of drug-likeness (QED) is 0.589. The van der Waals surface area contributed by atoms with Gasteiger partial charge < -0.3 is 8.98 Å². The lowest BCUT2D eigenvalue weighted by Gasteiger charge is -1.98. The average Bonchev–Trinajstić information content (AvgIpc) is 2.48. The van der Waals surface area contributed by atoms with Gasteiger partial charge in [0.15, 0.2) is 5.58 Å². The lowest BCUT2D eigenvalue weighted by atomic mass is 10.2. The van der Waals surface area contributed by atoms with Gasteiger partial charge in [-0.15, -0.1) is 0 Å². The van der Waals surface area contributed by atoms with Crippen molar-refractivity contribution in [1.82, 2.24) is 4.57 Å². The summed E-state index contributed by atoms with van der Waals surface area (Å²) in [7, 11) is 1.72. The van der Waals surface area contributed by atoms with E-state index in [-0.39, 0.29) is 5.56 Å². The minimum atomic E-state index is 0.0314.